The lowest BCUT2D eigenvalue weighted by Gasteiger charge is -2.02. The van der Waals surface area contributed by atoms with Crippen molar-refractivity contribution in [2.45, 2.75) is 25.8 Å². The maximum atomic E-state index is 4.14. The zero-order valence-corrected chi connectivity index (χ0v) is 9.76. The van der Waals surface area contributed by atoms with Gasteiger partial charge in [0.15, 0.2) is 0 Å². The van der Waals surface area contributed by atoms with E-state index in [1.807, 2.05) is 17.4 Å². The van der Waals surface area contributed by atoms with E-state index in [9.17, 15) is 0 Å². The Morgan fingerprint density at radius 3 is 3.19 bits per heavy atom. The van der Waals surface area contributed by atoms with Gasteiger partial charge in [-0.2, -0.15) is 0 Å². The topological polar surface area (TPSA) is 37.8 Å². The number of nitrogens with zero attached hydrogens (tertiary/aromatic N) is 2. The molecule has 2 aromatic heterocycles. The summed E-state index contributed by atoms with van der Waals surface area (Å²) < 4.78 is 0. The lowest BCUT2D eigenvalue weighted by molar-refractivity contribution is 0.913. The van der Waals surface area contributed by atoms with Crippen LogP contribution < -0.4 is 5.32 Å². The Balaban J connectivity index is 1.67. The van der Waals surface area contributed by atoms with Crippen LogP contribution in [0.4, 0.5) is 5.82 Å². The molecule has 0 fully saturated rings. The standard InChI is InChI=1S/C12H13N3S/c1-2-9-6-10(16-11(9)3-1)7-14-12-4-5-13-8-15-12/h4-6,8H,1-3,7H2,(H,13,14,15). The first-order chi connectivity index (χ1) is 7.92. The van der Waals surface area contributed by atoms with Crippen molar-refractivity contribution >= 4 is 17.2 Å². The van der Waals surface area contributed by atoms with Gasteiger partial charge < -0.3 is 5.32 Å². The van der Waals surface area contributed by atoms with E-state index in [2.05, 4.69) is 21.4 Å². The maximum absolute atomic E-state index is 4.14. The average Bonchev–Trinajstić information content (AvgIpc) is 2.88. The number of anilines is 1. The van der Waals surface area contributed by atoms with Gasteiger partial charge in [-0.3, -0.25) is 0 Å². The predicted octanol–water partition coefficient (Wildman–Crippen LogP) is 2.64. The van der Waals surface area contributed by atoms with Crippen LogP contribution in [-0.4, -0.2) is 9.97 Å². The molecule has 1 N–H and O–H groups in total. The summed E-state index contributed by atoms with van der Waals surface area (Å²) in [7, 11) is 0. The first kappa shape index (κ1) is 9.78. The highest BCUT2D eigenvalue weighted by atomic mass is 32.1. The zero-order valence-electron chi connectivity index (χ0n) is 8.94. The van der Waals surface area contributed by atoms with Crippen LogP contribution in [0.3, 0.4) is 0 Å². The third kappa shape index (κ3) is 1.93. The minimum Gasteiger partial charge on any atom is -0.365 e. The Morgan fingerprint density at radius 2 is 2.38 bits per heavy atom. The monoisotopic (exact) mass is 231 g/mol. The summed E-state index contributed by atoms with van der Waals surface area (Å²) in [5, 5.41) is 3.31. The van der Waals surface area contributed by atoms with E-state index < -0.39 is 0 Å². The van der Waals surface area contributed by atoms with Gasteiger partial charge in [-0.05, 0) is 37.0 Å². The summed E-state index contributed by atoms with van der Waals surface area (Å²) >= 11 is 1.94. The van der Waals surface area contributed by atoms with Gasteiger partial charge in [0, 0.05) is 16.0 Å². The van der Waals surface area contributed by atoms with Crippen molar-refractivity contribution < 1.29 is 0 Å². The highest BCUT2D eigenvalue weighted by molar-refractivity contribution is 7.12. The number of aromatic nitrogens is 2. The van der Waals surface area contributed by atoms with Gasteiger partial charge in [-0.15, -0.1) is 11.3 Å². The number of fused-ring (bicyclic) bond motifs is 1. The molecule has 0 radical (unpaired) electrons. The van der Waals surface area contributed by atoms with E-state index >= 15 is 0 Å². The van der Waals surface area contributed by atoms with Gasteiger partial charge in [-0.1, -0.05) is 0 Å². The minimum atomic E-state index is 0.870. The summed E-state index contributed by atoms with van der Waals surface area (Å²) in [5.74, 6) is 0.892. The van der Waals surface area contributed by atoms with Crippen molar-refractivity contribution in [1.82, 2.24) is 9.97 Å². The largest absolute Gasteiger partial charge is 0.365 e. The van der Waals surface area contributed by atoms with E-state index in [1.165, 1.54) is 24.1 Å². The van der Waals surface area contributed by atoms with Crippen molar-refractivity contribution in [3.63, 3.8) is 0 Å². The smallest absolute Gasteiger partial charge is 0.129 e. The molecule has 0 unspecified atom stereocenters. The Kier molecular flexibility index (Phi) is 2.58. The Morgan fingerprint density at radius 1 is 1.38 bits per heavy atom. The van der Waals surface area contributed by atoms with Crippen LogP contribution >= 0.6 is 11.3 Å². The average molecular weight is 231 g/mol. The normalized spacial score (nSPS) is 13.8. The molecule has 0 aliphatic heterocycles. The molecule has 2 aromatic rings. The fourth-order valence-electron chi connectivity index (χ4n) is 2.05. The zero-order chi connectivity index (χ0) is 10.8. The molecule has 1 aliphatic rings. The van der Waals surface area contributed by atoms with E-state index in [4.69, 9.17) is 0 Å². The lowest BCUT2D eigenvalue weighted by atomic mass is 10.2. The van der Waals surface area contributed by atoms with Gasteiger partial charge in [0.2, 0.25) is 0 Å². The van der Waals surface area contributed by atoms with E-state index in [1.54, 1.807) is 23.0 Å². The summed E-state index contributed by atoms with van der Waals surface area (Å²) in [4.78, 5) is 11.0. The number of thiophene rings is 1. The third-order valence-electron chi connectivity index (χ3n) is 2.82. The van der Waals surface area contributed by atoms with Crippen LogP contribution in [0, 0.1) is 0 Å². The summed E-state index contributed by atoms with van der Waals surface area (Å²) in [6.07, 6.45) is 7.19. The van der Waals surface area contributed by atoms with Crippen molar-refractivity contribution in [1.29, 1.82) is 0 Å². The van der Waals surface area contributed by atoms with Crippen LogP contribution in [0.5, 0.6) is 0 Å². The molecule has 0 saturated carbocycles. The molecule has 0 spiro atoms. The molecule has 2 heterocycles. The second-order valence-electron chi connectivity index (χ2n) is 3.96. The van der Waals surface area contributed by atoms with Crippen molar-refractivity contribution in [2.24, 2.45) is 0 Å². The van der Waals surface area contributed by atoms with Crippen LogP contribution in [0.1, 0.15) is 21.7 Å². The first-order valence-corrected chi connectivity index (χ1v) is 6.34. The number of rotatable bonds is 3. The fourth-order valence-corrected chi connectivity index (χ4v) is 3.25. The second kappa shape index (κ2) is 4.22. The van der Waals surface area contributed by atoms with Crippen LogP contribution in [0.2, 0.25) is 0 Å². The number of nitrogens with one attached hydrogen (secondary N) is 1. The molecule has 0 bridgehead atoms. The molecular formula is C12H13N3S. The number of aryl methyl sites for hydroxylation is 2. The number of hydrogen-bond acceptors (Lipinski definition) is 4. The van der Waals surface area contributed by atoms with Gasteiger partial charge in [0.25, 0.3) is 0 Å². The van der Waals surface area contributed by atoms with Gasteiger partial charge in [0.1, 0.15) is 12.1 Å². The molecule has 4 heteroatoms. The van der Waals surface area contributed by atoms with Gasteiger partial charge in [-0.25, -0.2) is 9.97 Å². The Bertz CT molecular complexity index is 457. The fraction of sp³-hybridized carbons (Fsp3) is 0.333. The summed E-state index contributed by atoms with van der Waals surface area (Å²) in [6, 6.07) is 4.22. The lowest BCUT2D eigenvalue weighted by Crippen LogP contribution is -1.99. The molecule has 1 aliphatic carbocycles. The quantitative estimate of drug-likeness (QED) is 0.882. The van der Waals surface area contributed by atoms with Gasteiger partial charge in [0.05, 0.1) is 6.54 Å². The van der Waals surface area contributed by atoms with E-state index in [-0.39, 0.29) is 0 Å². The SMILES string of the molecule is c1cc(NCc2cc3c(s2)CCC3)ncn1. The highest BCUT2D eigenvalue weighted by Crippen LogP contribution is 2.30. The van der Waals surface area contributed by atoms with Crippen molar-refractivity contribution in [2.75, 3.05) is 5.32 Å². The Hall–Kier alpha value is -1.42. The Labute approximate surface area is 98.6 Å². The molecule has 16 heavy (non-hydrogen) atoms. The summed E-state index contributed by atoms with van der Waals surface area (Å²) in [6.45, 7) is 0.870. The summed E-state index contributed by atoms with van der Waals surface area (Å²) in [5.41, 5.74) is 1.56. The molecule has 0 saturated heterocycles. The number of hydrogen-bond donors (Lipinski definition) is 1. The highest BCUT2D eigenvalue weighted by Gasteiger charge is 2.14. The molecule has 0 aromatic carbocycles. The van der Waals surface area contributed by atoms with Crippen molar-refractivity contribution in [3.05, 3.63) is 40.0 Å². The molecule has 3 nitrogen and oxygen atoms in total. The molecule has 0 amide bonds. The molecule has 0 atom stereocenters. The van der Waals surface area contributed by atoms with Crippen LogP contribution in [0.15, 0.2) is 24.7 Å². The van der Waals surface area contributed by atoms with Crippen LogP contribution in [0.25, 0.3) is 0 Å². The van der Waals surface area contributed by atoms with Crippen molar-refractivity contribution in [3.8, 4) is 0 Å². The maximum Gasteiger partial charge on any atom is 0.129 e. The second-order valence-corrected chi connectivity index (χ2v) is 5.18. The minimum absolute atomic E-state index is 0.870. The third-order valence-corrected chi connectivity index (χ3v) is 4.06. The van der Waals surface area contributed by atoms with Crippen LogP contribution in [-0.2, 0) is 19.4 Å². The van der Waals surface area contributed by atoms with E-state index in [0.717, 1.165) is 12.4 Å². The molecule has 3 rings (SSSR count). The molecular weight excluding hydrogens is 218 g/mol. The predicted molar refractivity (Wildman–Crippen MR) is 65.7 cm³/mol. The van der Waals surface area contributed by atoms with E-state index in [0.29, 0.717) is 0 Å². The first-order valence-electron chi connectivity index (χ1n) is 5.52. The molecule has 82 valence electrons. The van der Waals surface area contributed by atoms with Gasteiger partial charge >= 0.3 is 0 Å².